The zero-order valence-corrected chi connectivity index (χ0v) is 22.3. The number of amides is 1. The highest BCUT2D eigenvalue weighted by molar-refractivity contribution is 7.21. The maximum absolute atomic E-state index is 14.9. The summed E-state index contributed by atoms with van der Waals surface area (Å²) < 4.78 is 35.4. The molecule has 1 amide bonds. The lowest BCUT2D eigenvalue weighted by Gasteiger charge is -2.34. The van der Waals surface area contributed by atoms with Gasteiger partial charge in [-0.15, -0.1) is 11.3 Å². The first-order chi connectivity index (χ1) is 17.9. The van der Waals surface area contributed by atoms with Gasteiger partial charge in [-0.05, 0) is 66.8 Å². The molecule has 0 saturated heterocycles. The normalized spacial score (nSPS) is 14.2. The second kappa shape index (κ2) is 10.8. The van der Waals surface area contributed by atoms with Crippen molar-refractivity contribution in [3.63, 3.8) is 0 Å². The second-order valence-corrected chi connectivity index (χ2v) is 10.8. The van der Waals surface area contributed by atoms with Gasteiger partial charge in [0, 0.05) is 30.5 Å². The van der Waals surface area contributed by atoms with E-state index >= 15 is 0 Å². The number of halogens is 3. The van der Waals surface area contributed by atoms with Crippen molar-refractivity contribution in [2.75, 3.05) is 7.11 Å². The summed E-state index contributed by atoms with van der Waals surface area (Å²) in [5.74, 6) is -0.809. The zero-order chi connectivity index (χ0) is 26.1. The average Bonchev–Trinajstić information content (AvgIpc) is 3.28. The van der Waals surface area contributed by atoms with E-state index in [1.807, 2.05) is 35.2 Å². The van der Waals surface area contributed by atoms with Gasteiger partial charge >= 0.3 is 0 Å². The molecule has 192 valence electrons. The third-order valence-corrected chi connectivity index (χ3v) is 8.76. The van der Waals surface area contributed by atoms with Crippen LogP contribution in [-0.4, -0.2) is 28.9 Å². The molecule has 37 heavy (non-hydrogen) atoms. The fourth-order valence-corrected chi connectivity index (χ4v) is 6.61. The van der Waals surface area contributed by atoms with Crippen LogP contribution in [0.1, 0.15) is 52.9 Å². The van der Waals surface area contributed by atoms with Crippen molar-refractivity contribution in [1.82, 2.24) is 9.88 Å². The van der Waals surface area contributed by atoms with E-state index in [0.717, 1.165) is 66.2 Å². The molecule has 0 radical (unpaired) electrons. The fourth-order valence-electron chi connectivity index (χ4n) is 5.13. The quantitative estimate of drug-likeness (QED) is 0.247. The zero-order valence-electron chi connectivity index (χ0n) is 20.7. The lowest BCUT2D eigenvalue weighted by molar-refractivity contribution is 0.0618. The lowest BCUT2D eigenvalue weighted by atomic mass is 9.93. The van der Waals surface area contributed by atoms with E-state index in [-0.39, 0.29) is 37.5 Å². The van der Waals surface area contributed by atoms with E-state index in [4.69, 9.17) is 16.3 Å². The number of aryl methyl sites for hydroxylation is 1. The first-order valence-corrected chi connectivity index (χ1v) is 13.5. The number of rotatable bonds is 6. The molecule has 4 nitrogen and oxygen atoms in total. The van der Waals surface area contributed by atoms with Crippen LogP contribution in [0.15, 0.2) is 48.8 Å². The SMILES string of the molecule is COc1ccc(-c2ccncc2)cc1CN(C(=O)c1sc2c(F)cc(C)c(F)c2c1Cl)C1CCCCC1. The molecule has 1 saturated carbocycles. The smallest absolute Gasteiger partial charge is 0.266 e. The van der Waals surface area contributed by atoms with Gasteiger partial charge in [0.1, 0.15) is 22.3 Å². The van der Waals surface area contributed by atoms with Crippen LogP contribution in [0.3, 0.4) is 0 Å². The van der Waals surface area contributed by atoms with Gasteiger partial charge in [0.15, 0.2) is 0 Å². The number of ether oxygens (including phenoxy) is 1. The minimum absolute atomic E-state index is 0.00625. The number of hydrogen-bond acceptors (Lipinski definition) is 4. The van der Waals surface area contributed by atoms with E-state index in [1.54, 1.807) is 19.5 Å². The maximum Gasteiger partial charge on any atom is 0.266 e. The number of aromatic nitrogens is 1. The Morgan fingerprint density at radius 3 is 2.54 bits per heavy atom. The summed E-state index contributed by atoms with van der Waals surface area (Å²) >= 11 is 7.49. The molecule has 5 rings (SSSR count). The number of pyridine rings is 1. The Balaban J connectivity index is 1.58. The van der Waals surface area contributed by atoms with Gasteiger partial charge in [-0.3, -0.25) is 9.78 Å². The number of thiophene rings is 1. The topological polar surface area (TPSA) is 42.4 Å². The number of fused-ring (bicyclic) bond motifs is 1. The summed E-state index contributed by atoms with van der Waals surface area (Å²) in [5.41, 5.74) is 2.99. The highest BCUT2D eigenvalue weighted by Crippen LogP contribution is 2.41. The molecule has 0 aliphatic heterocycles. The van der Waals surface area contributed by atoms with Gasteiger partial charge in [-0.2, -0.15) is 0 Å². The summed E-state index contributed by atoms with van der Waals surface area (Å²) in [6.07, 6.45) is 8.36. The first-order valence-electron chi connectivity index (χ1n) is 12.3. The molecule has 2 heterocycles. The van der Waals surface area contributed by atoms with Gasteiger partial charge in [-0.25, -0.2) is 8.78 Å². The van der Waals surface area contributed by atoms with E-state index in [9.17, 15) is 13.6 Å². The number of hydrogen-bond donors (Lipinski definition) is 0. The highest BCUT2D eigenvalue weighted by atomic mass is 35.5. The second-order valence-electron chi connectivity index (χ2n) is 9.43. The summed E-state index contributed by atoms with van der Waals surface area (Å²) in [6.45, 7) is 1.78. The number of benzene rings is 2. The van der Waals surface area contributed by atoms with E-state index in [2.05, 4.69) is 4.98 Å². The molecule has 4 aromatic rings. The Kier molecular flexibility index (Phi) is 7.45. The third-order valence-electron chi connectivity index (χ3n) is 7.08. The van der Waals surface area contributed by atoms with Crippen molar-refractivity contribution in [3.8, 4) is 16.9 Å². The molecule has 0 unspecified atom stereocenters. The van der Waals surface area contributed by atoms with Crippen LogP contribution in [0.25, 0.3) is 21.2 Å². The van der Waals surface area contributed by atoms with Crippen LogP contribution in [-0.2, 0) is 6.54 Å². The summed E-state index contributed by atoms with van der Waals surface area (Å²) in [7, 11) is 1.61. The van der Waals surface area contributed by atoms with Crippen LogP contribution < -0.4 is 4.74 Å². The summed E-state index contributed by atoms with van der Waals surface area (Å²) in [5, 5.41) is -0.0446. The van der Waals surface area contributed by atoms with Gasteiger partial charge < -0.3 is 9.64 Å². The monoisotopic (exact) mass is 540 g/mol. The molecule has 0 spiro atoms. The Hall–Kier alpha value is -3.03. The number of methoxy groups -OCH3 is 1. The molecule has 0 N–H and O–H groups in total. The average molecular weight is 541 g/mol. The molecule has 1 aliphatic rings. The van der Waals surface area contributed by atoms with Crippen LogP contribution in [0.2, 0.25) is 5.02 Å². The Bertz CT molecular complexity index is 1450. The van der Waals surface area contributed by atoms with E-state index < -0.39 is 11.6 Å². The van der Waals surface area contributed by atoms with Crippen molar-refractivity contribution in [2.24, 2.45) is 0 Å². The molecule has 1 fully saturated rings. The molecule has 1 aliphatic carbocycles. The molecular weight excluding hydrogens is 514 g/mol. The fraction of sp³-hybridized carbons (Fsp3) is 0.310. The van der Waals surface area contributed by atoms with Gasteiger partial charge in [0.05, 0.1) is 22.2 Å². The Morgan fingerprint density at radius 1 is 1.11 bits per heavy atom. The van der Waals surface area contributed by atoms with Crippen molar-refractivity contribution in [1.29, 1.82) is 0 Å². The molecule has 8 heteroatoms. The highest BCUT2D eigenvalue weighted by Gasteiger charge is 2.32. The predicted molar refractivity (Wildman–Crippen MR) is 144 cm³/mol. The third kappa shape index (κ3) is 4.94. The molecular formula is C29H27ClF2N2O2S. The predicted octanol–water partition coefficient (Wildman–Crippen LogP) is 8.19. The van der Waals surface area contributed by atoms with Gasteiger partial charge in [0.2, 0.25) is 0 Å². The Labute approximate surface area is 223 Å². The lowest BCUT2D eigenvalue weighted by Crippen LogP contribution is -2.40. The standard InChI is InChI=1S/C29H27ClF2N2O2S/c1-17-14-22(31)27-24(26(17)32)25(30)28(37-27)29(35)34(21-6-4-3-5-7-21)16-20-15-19(8-9-23(20)36-2)18-10-12-33-13-11-18/h8-15,21H,3-7,16H2,1-2H3. The maximum atomic E-state index is 14.9. The van der Waals surface area contributed by atoms with Gasteiger partial charge in [-0.1, -0.05) is 36.9 Å². The number of nitrogens with zero attached hydrogens (tertiary/aromatic N) is 2. The molecule has 2 aromatic heterocycles. The van der Waals surface area contributed by atoms with Crippen molar-refractivity contribution < 1.29 is 18.3 Å². The number of carbonyl (C=O) groups excluding carboxylic acids is 1. The minimum Gasteiger partial charge on any atom is -0.496 e. The van der Waals surface area contributed by atoms with Gasteiger partial charge in [0.25, 0.3) is 5.91 Å². The van der Waals surface area contributed by atoms with Crippen molar-refractivity contribution >= 4 is 38.9 Å². The van der Waals surface area contributed by atoms with Crippen LogP contribution >= 0.6 is 22.9 Å². The largest absolute Gasteiger partial charge is 0.496 e. The van der Waals surface area contributed by atoms with Crippen LogP contribution in [0, 0.1) is 18.6 Å². The molecule has 2 aromatic carbocycles. The van der Waals surface area contributed by atoms with Crippen LogP contribution in [0.5, 0.6) is 5.75 Å². The van der Waals surface area contributed by atoms with Crippen LogP contribution in [0.4, 0.5) is 8.78 Å². The number of carbonyl (C=O) groups is 1. The first kappa shape index (κ1) is 25.6. The minimum atomic E-state index is -0.590. The van der Waals surface area contributed by atoms with Crippen molar-refractivity contribution in [2.45, 2.75) is 51.6 Å². The Morgan fingerprint density at radius 2 is 1.84 bits per heavy atom. The summed E-state index contributed by atoms with van der Waals surface area (Å²) in [6, 6.07) is 10.9. The summed E-state index contributed by atoms with van der Waals surface area (Å²) in [4.78, 5) is 20.1. The molecule has 0 bridgehead atoms. The molecule has 0 atom stereocenters. The van der Waals surface area contributed by atoms with E-state index in [1.165, 1.54) is 6.92 Å². The van der Waals surface area contributed by atoms with E-state index in [0.29, 0.717) is 12.3 Å². The van der Waals surface area contributed by atoms with Crippen molar-refractivity contribution in [3.05, 3.63) is 81.5 Å².